The van der Waals surface area contributed by atoms with Crippen LogP contribution in [0.5, 0.6) is 0 Å². The van der Waals surface area contributed by atoms with Crippen molar-refractivity contribution in [2.24, 2.45) is 0 Å². The highest BCUT2D eigenvalue weighted by Crippen LogP contribution is 2.23. The first kappa shape index (κ1) is 18.5. The van der Waals surface area contributed by atoms with E-state index in [0.717, 1.165) is 17.2 Å². The zero-order chi connectivity index (χ0) is 19.4. The van der Waals surface area contributed by atoms with Gasteiger partial charge < -0.3 is 14.6 Å². The number of hydrogen-bond acceptors (Lipinski definition) is 7. The average Bonchev–Trinajstić information content (AvgIpc) is 3.04. The van der Waals surface area contributed by atoms with Crippen LogP contribution in [0.25, 0.3) is 11.4 Å². The van der Waals surface area contributed by atoms with Crippen LogP contribution in [0.4, 0.5) is 11.8 Å². The van der Waals surface area contributed by atoms with Gasteiger partial charge in [-0.3, -0.25) is 0 Å². The van der Waals surface area contributed by atoms with Crippen LogP contribution >= 0.6 is 0 Å². The molecule has 27 heavy (non-hydrogen) atoms. The normalized spacial score (nSPS) is 10.9. The first-order chi connectivity index (χ1) is 13.0. The fraction of sp³-hybridized carbons (Fsp3) is 0.316. The van der Waals surface area contributed by atoms with Crippen molar-refractivity contribution in [1.82, 2.24) is 24.5 Å². The Kier molecular flexibility index (Phi) is 5.44. The Balaban J connectivity index is 1.82. The third kappa shape index (κ3) is 4.11. The minimum absolute atomic E-state index is 0.269. The number of nitrogens with one attached hydrogen (secondary N) is 1. The van der Waals surface area contributed by atoms with Crippen molar-refractivity contribution < 1.29 is 9.53 Å². The molecule has 3 aromatic rings. The SMILES string of the molecule is CCOC(=O)c1ccc(Nc2nccc(-c3cnc(C)n3C(C)C)n2)nc1. The molecule has 0 aliphatic rings. The Labute approximate surface area is 157 Å². The third-order valence-electron chi connectivity index (χ3n) is 3.93. The number of nitrogens with zero attached hydrogens (tertiary/aromatic N) is 5. The molecular weight excluding hydrogens is 344 g/mol. The zero-order valence-electron chi connectivity index (χ0n) is 15.8. The lowest BCUT2D eigenvalue weighted by molar-refractivity contribution is 0.0526. The number of ether oxygens (including phenoxy) is 1. The Bertz CT molecular complexity index is 934. The van der Waals surface area contributed by atoms with Crippen LogP contribution in [0.3, 0.4) is 0 Å². The molecule has 8 heteroatoms. The summed E-state index contributed by atoms with van der Waals surface area (Å²) in [6, 6.07) is 5.45. The van der Waals surface area contributed by atoms with E-state index in [9.17, 15) is 4.79 Å². The van der Waals surface area contributed by atoms with Crippen molar-refractivity contribution >= 4 is 17.7 Å². The lowest BCUT2D eigenvalue weighted by Crippen LogP contribution is -2.07. The lowest BCUT2D eigenvalue weighted by Gasteiger charge is -2.14. The van der Waals surface area contributed by atoms with Gasteiger partial charge in [-0.1, -0.05) is 0 Å². The standard InChI is InChI=1S/C19H22N6O2/c1-5-27-18(26)14-6-7-17(22-10-14)24-19-20-9-8-15(23-19)16-11-21-13(4)25(16)12(2)3/h6-12H,5H2,1-4H3,(H,20,22,23,24). The molecule has 3 rings (SSSR count). The molecule has 0 fully saturated rings. The summed E-state index contributed by atoms with van der Waals surface area (Å²) in [7, 11) is 0. The number of pyridine rings is 1. The molecule has 0 aliphatic heterocycles. The molecule has 8 nitrogen and oxygen atoms in total. The summed E-state index contributed by atoms with van der Waals surface area (Å²) in [4.78, 5) is 29.1. The second-order valence-corrected chi connectivity index (χ2v) is 6.20. The predicted octanol–water partition coefficient (Wildman–Crippen LogP) is 3.54. The van der Waals surface area contributed by atoms with Crippen LogP contribution in [0.2, 0.25) is 0 Å². The number of rotatable bonds is 6. The van der Waals surface area contributed by atoms with E-state index >= 15 is 0 Å². The number of carbonyl (C=O) groups excluding carboxylic acids is 1. The molecule has 0 amide bonds. The maximum atomic E-state index is 11.7. The lowest BCUT2D eigenvalue weighted by atomic mass is 10.2. The van der Waals surface area contributed by atoms with E-state index in [0.29, 0.717) is 23.9 Å². The van der Waals surface area contributed by atoms with Crippen LogP contribution in [0, 0.1) is 6.92 Å². The van der Waals surface area contributed by atoms with Crippen molar-refractivity contribution in [2.45, 2.75) is 33.7 Å². The van der Waals surface area contributed by atoms with Crippen LogP contribution < -0.4 is 5.32 Å². The summed E-state index contributed by atoms with van der Waals surface area (Å²) in [5.74, 6) is 1.49. The van der Waals surface area contributed by atoms with Gasteiger partial charge in [0.2, 0.25) is 5.95 Å². The molecule has 3 heterocycles. The summed E-state index contributed by atoms with van der Waals surface area (Å²) in [5, 5.41) is 3.05. The number of aryl methyl sites for hydroxylation is 1. The molecule has 0 unspecified atom stereocenters. The summed E-state index contributed by atoms with van der Waals surface area (Å²) in [6.07, 6.45) is 4.96. The van der Waals surface area contributed by atoms with Crippen LogP contribution in [0.15, 0.2) is 36.8 Å². The van der Waals surface area contributed by atoms with Crippen molar-refractivity contribution in [1.29, 1.82) is 0 Å². The van der Waals surface area contributed by atoms with Crippen LogP contribution in [-0.2, 0) is 4.74 Å². The number of esters is 1. The van der Waals surface area contributed by atoms with Gasteiger partial charge in [-0.25, -0.2) is 24.7 Å². The Morgan fingerprint density at radius 1 is 1.19 bits per heavy atom. The predicted molar refractivity (Wildman–Crippen MR) is 102 cm³/mol. The number of anilines is 2. The Morgan fingerprint density at radius 3 is 2.67 bits per heavy atom. The topological polar surface area (TPSA) is 94.8 Å². The molecule has 1 N–H and O–H groups in total. The second kappa shape index (κ2) is 7.94. The van der Waals surface area contributed by atoms with Gasteiger partial charge in [-0.2, -0.15) is 0 Å². The van der Waals surface area contributed by atoms with E-state index in [1.54, 1.807) is 25.3 Å². The molecular formula is C19H22N6O2. The van der Waals surface area contributed by atoms with Crippen molar-refractivity contribution in [3.63, 3.8) is 0 Å². The van der Waals surface area contributed by atoms with E-state index in [1.807, 2.05) is 19.2 Å². The van der Waals surface area contributed by atoms with Crippen molar-refractivity contribution in [2.75, 3.05) is 11.9 Å². The highest BCUT2D eigenvalue weighted by molar-refractivity contribution is 5.89. The molecule has 0 radical (unpaired) electrons. The quantitative estimate of drug-likeness (QED) is 0.667. The summed E-state index contributed by atoms with van der Waals surface area (Å²) in [6.45, 7) is 8.27. The summed E-state index contributed by atoms with van der Waals surface area (Å²) < 4.78 is 7.07. The van der Waals surface area contributed by atoms with Crippen molar-refractivity contribution in [3.8, 4) is 11.4 Å². The van der Waals surface area contributed by atoms with Gasteiger partial charge in [-0.05, 0) is 45.9 Å². The first-order valence-corrected chi connectivity index (χ1v) is 8.77. The monoisotopic (exact) mass is 366 g/mol. The van der Waals surface area contributed by atoms with Gasteiger partial charge in [0.05, 0.1) is 29.8 Å². The largest absolute Gasteiger partial charge is 0.462 e. The first-order valence-electron chi connectivity index (χ1n) is 8.77. The molecule has 0 aromatic carbocycles. The molecule has 0 bridgehead atoms. The van der Waals surface area contributed by atoms with Crippen LogP contribution in [0.1, 0.15) is 43.0 Å². The molecule has 0 saturated carbocycles. The van der Waals surface area contributed by atoms with Crippen LogP contribution in [-0.4, -0.2) is 37.1 Å². The molecule has 140 valence electrons. The second-order valence-electron chi connectivity index (χ2n) is 6.20. The maximum absolute atomic E-state index is 11.7. The Morgan fingerprint density at radius 2 is 2.00 bits per heavy atom. The summed E-state index contributed by atoms with van der Waals surface area (Å²) in [5.41, 5.74) is 2.09. The molecule has 0 saturated heterocycles. The van der Waals surface area contributed by atoms with Crippen molar-refractivity contribution in [3.05, 3.63) is 48.2 Å². The molecule has 0 atom stereocenters. The van der Waals surface area contributed by atoms with Gasteiger partial charge in [0.1, 0.15) is 11.6 Å². The minimum atomic E-state index is -0.396. The van der Waals surface area contributed by atoms with Gasteiger partial charge >= 0.3 is 5.97 Å². The highest BCUT2D eigenvalue weighted by atomic mass is 16.5. The number of imidazole rings is 1. The molecule has 0 spiro atoms. The molecule has 3 aromatic heterocycles. The van der Waals surface area contributed by atoms with Gasteiger partial charge in [-0.15, -0.1) is 0 Å². The summed E-state index contributed by atoms with van der Waals surface area (Å²) >= 11 is 0. The Hall–Kier alpha value is -3.29. The zero-order valence-corrected chi connectivity index (χ0v) is 15.8. The van der Waals surface area contributed by atoms with E-state index in [4.69, 9.17) is 4.74 Å². The number of carbonyl (C=O) groups is 1. The molecule has 0 aliphatic carbocycles. The van der Waals surface area contributed by atoms with Gasteiger partial charge in [0.25, 0.3) is 0 Å². The van der Waals surface area contributed by atoms with E-state index in [-0.39, 0.29) is 6.04 Å². The number of aromatic nitrogens is 5. The fourth-order valence-electron chi connectivity index (χ4n) is 2.77. The number of hydrogen-bond donors (Lipinski definition) is 1. The fourth-order valence-corrected chi connectivity index (χ4v) is 2.77. The van der Waals surface area contributed by atoms with Gasteiger partial charge in [0, 0.05) is 18.4 Å². The maximum Gasteiger partial charge on any atom is 0.339 e. The van der Waals surface area contributed by atoms with E-state index < -0.39 is 5.97 Å². The van der Waals surface area contributed by atoms with Gasteiger partial charge in [0.15, 0.2) is 0 Å². The average molecular weight is 366 g/mol. The van der Waals surface area contributed by atoms with E-state index in [2.05, 4.69) is 43.7 Å². The minimum Gasteiger partial charge on any atom is -0.462 e. The third-order valence-corrected chi connectivity index (χ3v) is 3.93. The van der Waals surface area contributed by atoms with E-state index in [1.165, 1.54) is 6.20 Å². The smallest absolute Gasteiger partial charge is 0.339 e. The highest BCUT2D eigenvalue weighted by Gasteiger charge is 2.14.